The Balaban J connectivity index is 1.86. The smallest absolute Gasteiger partial charge is 0.226 e. The number of anilines is 2. The van der Waals surface area contributed by atoms with E-state index in [0.717, 1.165) is 23.8 Å². The number of aromatic amines is 1. The Hall–Kier alpha value is -1.85. The third-order valence-electron chi connectivity index (χ3n) is 4.37. The molecular weight excluding hydrogens is 264 g/mol. The standard InChI is InChI=1S/C15H24N6/c1-4-16-15-20-13-12(17-8-18-13)14(21-15)19-11-6-5-9(2)7-10(11)3/h8-11H,4-7H2,1-3H3,(H3,16,17,18,19,20,21). The second kappa shape index (κ2) is 5.87. The van der Waals surface area contributed by atoms with Gasteiger partial charge < -0.3 is 15.6 Å². The zero-order chi connectivity index (χ0) is 14.8. The molecule has 3 unspecified atom stereocenters. The van der Waals surface area contributed by atoms with Crippen LogP contribution >= 0.6 is 0 Å². The summed E-state index contributed by atoms with van der Waals surface area (Å²) in [5.74, 6) is 2.98. The van der Waals surface area contributed by atoms with Crippen LogP contribution in [0.4, 0.5) is 11.8 Å². The van der Waals surface area contributed by atoms with Crippen molar-refractivity contribution >= 4 is 22.9 Å². The van der Waals surface area contributed by atoms with Crippen LogP contribution in [0.1, 0.15) is 40.0 Å². The number of aromatic nitrogens is 4. The molecule has 114 valence electrons. The quantitative estimate of drug-likeness (QED) is 0.806. The molecule has 6 nitrogen and oxygen atoms in total. The van der Waals surface area contributed by atoms with E-state index >= 15 is 0 Å². The van der Waals surface area contributed by atoms with Crippen molar-refractivity contribution < 1.29 is 0 Å². The van der Waals surface area contributed by atoms with E-state index < -0.39 is 0 Å². The molecule has 0 bridgehead atoms. The van der Waals surface area contributed by atoms with Crippen LogP contribution in [-0.4, -0.2) is 32.5 Å². The van der Waals surface area contributed by atoms with Crippen LogP contribution in [0.25, 0.3) is 11.2 Å². The third kappa shape index (κ3) is 2.94. The highest BCUT2D eigenvalue weighted by atomic mass is 15.2. The van der Waals surface area contributed by atoms with E-state index in [1.165, 1.54) is 19.3 Å². The van der Waals surface area contributed by atoms with E-state index in [1.807, 2.05) is 6.92 Å². The second-order valence-electron chi connectivity index (χ2n) is 6.17. The molecule has 1 saturated carbocycles. The Morgan fingerprint density at radius 2 is 2.14 bits per heavy atom. The monoisotopic (exact) mass is 288 g/mol. The van der Waals surface area contributed by atoms with Crippen molar-refractivity contribution in [2.24, 2.45) is 11.8 Å². The normalized spacial score (nSPS) is 26.0. The number of hydrogen-bond acceptors (Lipinski definition) is 5. The minimum absolute atomic E-state index is 0.470. The summed E-state index contributed by atoms with van der Waals surface area (Å²) in [5, 5.41) is 6.79. The van der Waals surface area contributed by atoms with Crippen molar-refractivity contribution in [2.45, 2.75) is 46.1 Å². The lowest BCUT2D eigenvalue weighted by molar-refractivity contribution is 0.276. The first-order valence-corrected chi connectivity index (χ1v) is 7.89. The average molecular weight is 288 g/mol. The maximum atomic E-state index is 4.61. The van der Waals surface area contributed by atoms with Gasteiger partial charge in [0.1, 0.15) is 5.52 Å². The van der Waals surface area contributed by atoms with Crippen LogP contribution in [0.3, 0.4) is 0 Å². The summed E-state index contributed by atoms with van der Waals surface area (Å²) < 4.78 is 0. The van der Waals surface area contributed by atoms with E-state index in [4.69, 9.17) is 0 Å². The molecule has 1 aliphatic rings. The number of H-pyrrole nitrogens is 1. The first-order chi connectivity index (χ1) is 10.2. The summed E-state index contributed by atoms with van der Waals surface area (Å²) in [4.78, 5) is 16.4. The fourth-order valence-corrected chi connectivity index (χ4v) is 3.23. The van der Waals surface area contributed by atoms with Gasteiger partial charge in [0.15, 0.2) is 11.5 Å². The van der Waals surface area contributed by atoms with Gasteiger partial charge in [0.05, 0.1) is 6.33 Å². The van der Waals surface area contributed by atoms with Gasteiger partial charge >= 0.3 is 0 Å². The number of fused-ring (bicyclic) bond motifs is 1. The molecule has 1 aliphatic carbocycles. The summed E-state index contributed by atoms with van der Waals surface area (Å²) in [7, 11) is 0. The van der Waals surface area contributed by atoms with Gasteiger partial charge in [-0.05, 0) is 38.0 Å². The fraction of sp³-hybridized carbons (Fsp3) is 0.667. The second-order valence-corrected chi connectivity index (χ2v) is 6.17. The van der Waals surface area contributed by atoms with Gasteiger partial charge in [0, 0.05) is 12.6 Å². The Kier molecular flexibility index (Phi) is 3.94. The minimum Gasteiger partial charge on any atom is -0.365 e. The summed E-state index contributed by atoms with van der Waals surface area (Å²) >= 11 is 0. The van der Waals surface area contributed by atoms with Crippen LogP contribution in [-0.2, 0) is 0 Å². The highest BCUT2D eigenvalue weighted by molar-refractivity contribution is 5.83. The third-order valence-corrected chi connectivity index (χ3v) is 4.37. The molecule has 6 heteroatoms. The first-order valence-electron chi connectivity index (χ1n) is 7.89. The van der Waals surface area contributed by atoms with E-state index in [0.29, 0.717) is 23.6 Å². The number of rotatable bonds is 4. The molecule has 3 atom stereocenters. The summed E-state index contributed by atoms with van der Waals surface area (Å²) in [6.07, 6.45) is 5.42. The van der Waals surface area contributed by atoms with Crippen LogP contribution in [0.15, 0.2) is 6.33 Å². The molecule has 1 fully saturated rings. The fourth-order valence-electron chi connectivity index (χ4n) is 3.23. The first kappa shape index (κ1) is 14.1. The zero-order valence-corrected chi connectivity index (χ0v) is 13.0. The van der Waals surface area contributed by atoms with Crippen LogP contribution < -0.4 is 10.6 Å². The van der Waals surface area contributed by atoms with E-state index in [2.05, 4.69) is 44.4 Å². The zero-order valence-electron chi connectivity index (χ0n) is 13.0. The molecule has 0 aromatic carbocycles. The van der Waals surface area contributed by atoms with E-state index in [9.17, 15) is 0 Å². The van der Waals surface area contributed by atoms with E-state index in [-0.39, 0.29) is 0 Å². The van der Waals surface area contributed by atoms with Gasteiger partial charge in [-0.1, -0.05) is 13.8 Å². The van der Waals surface area contributed by atoms with Gasteiger partial charge in [0.25, 0.3) is 0 Å². The molecule has 0 amide bonds. The van der Waals surface area contributed by atoms with Crippen molar-refractivity contribution in [3.8, 4) is 0 Å². The topological polar surface area (TPSA) is 78.5 Å². The van der Waals surface area contributed by atoms with Crippen molar-refractivity contribution in [2.75, 3.05) is 17.2 Å². The van der Waals surface area contributed by atoms with E-state index in [1.54, 1.807) is 6.33 Å². The molecule has 2 aromatic heterocycles. The lowest BCUT2D eigenvalue weighted by Gasteiger charge is -2.33. The maximum absolute atomic E-state index is 4.61. The van der Waals surface area contributed by atoms with Crippen molar-refractivity contribution in [1.82, 2.24) is 19.9 Å². The minimum atomic E-state index is 0.470. The van der Waals surface area contributed by atoms with Gasteiger partial charge in [0.2, 0.25) is 5.95 Å². The van der Waals surface area contributed by atoms with Crippen molar-refractivity contribution in [1.29, 1.82) is 0 Å². The Bertz CT molecular complexity index is 607. The molecule has 0 saturated heterocycles. The predicted molar refractivity (Wildman–Crippen MR) is 85.4 cm³/mol. The molecule has 2 heterocycles. The molecule has 3 N–H and O–H groups in total. The molecule has 21 heavy (non-hydrogen) atoms. The maximum Gasteiger partial charge on any atom is 0.226 e. The summed E-state index contributed by atoms with van der Waals surface area (Å²) in [6.45, 7) is 7.50. The molecule has 2 aromatic rings. The number of nitrogens with zero attached hydrogens (tertiary/aromatic N) is 3. The largest absolute Gasteiger partial charge is 0.365 e. The van der Waals surface area contributed by atoms with Gasteiger partial charge in [-0.2, -0.15) is 9.97 Å². The average Bonchev–Trinajstić information content (AvgIpc) is 2.91. The van der Waals surface area contributed by atoms with Crippen LogP contribution in [0.5, 0.6) is 0 Å². The Labute approximate surface area is 125 Å². The molecular formula is C15H24N6. The molecule has 0 radical (unpaired) electrons. The highest BCUT2D eigenvalue weighted by Gasteiger charge is 2.26. The van der Waals surface area contributed by atoms with Gasteiger partial charge in [-0.25, -0.2) is 4.98 Å². The predicted octanol–water partition coefficient (Wildman–Crippen LogP) is 3.02. The van der Waals surface area contributed by atoms with Gasteiger partial charge in [-0.3, -0.25) is 0 Å². The van der Waals surface area contributed by atoms with Gasteiger partial charge in [-0.15, -0.1) is 0 Å². The Morgan fingerprint density at radius 1 is 1.29 bits per heavy atom. The van der Waals surface area contributed by atoms with Crippen LogP contribution in [0, 0.1) is 11.8 Å². The van der Waals surface area contributed by atoms with Crippen molar-refractivity contribution in [3.63, 3.8) is 0 Å². The number of nitrogens with one attached hydrogen (secondary N) is 3. The summed E-state index contributed by atoms with van der Waals surface area (Å²) in [6, 6.07) is 0.470. The molecule has 0 aliphatic heterocycles. The SMILES string of the molecule is CCNc1nc(NC2CCC(C)CC2C)c2[nH]cnc2n1. The lowest BCUT2D eigenvalue weighted by Crippen LogP contribution is -2.33. The molecule has 0 spiro atoms. The highest BCUT2D eigenvalue weighted by Crippen LogP contribution is 2.31. The molecule has 3 rings (SSSR count). The number of imidazole rings is 1. The Morgan fingerprint density at radius 3 is 2.90 bits per heavy atom. The number of hydrogen-bond donors (Lipinski definition) is 3. The van der Waals surface area contributed by atoms with Crippen molar-refractivity contribution in [3.05, 3.63) is 6.33 Å². The summed E-state index contributed by atoms with van der Waals surface area (Å²) in [5.41, 5.74) is 1.60. The lowest BCUT2D eigenvalue weighted by atomic mass is 9.80. The van der Waals surface area contributed by atoms with Crippen LogP contribution in [0.2, 0.25) is 0 Å².